The molecule has 5 atom stereocenters. The van der Waals surface area contributed by atoms with Crippen molar-refractivity contribution in [3.63, 3.8) is 0 Å². The van der Waals surface area contributed by atoms with Crippen LogP contribution in [0.5, 0.6) is 17.2 Å². The Balaban J connectivity index is 1.16. The normalized spacial score (nSPS) is 28.4. The summed E-state index contributed by atoms with van der Waals surface area (Å²) in [6.07, 6.45) is 0.447. The van der Waals surface area contributed by atoms with E-state index in [1.165, 1.54) is 35.9 Å². The molecule has 2 aliphatic carbocycles. The number of rotatable bonds is 7. The molecule has 0 unspecified atom stereocenters. The van der Waals surface area contributed by atoms with E-state index in [1.54, 1.807) is 24.1 Å². The van der Waals surface area contributed by atoms with Crippen LogP contribution in [0.1, 0.15) is 41.5 Å². The molecule has 2 aliphatic heterocycles. The van der Waals surface area contributed by atoms with E-state index in [2.05, 4.69) is 21.8 Å². The number of ether oxygens (including phenoxy) is 2. The van der Waals surface area contributed by atoms with Crippen molar-refractivity contribution in [1.82, 2.24) is 9.80 Å². The Hall–Kier alpha value is -4.02. The molecule has 1 spiro atoms. The first-order valence-corrected chi connectivity index (χ1v) is 15.3. The van der Waals surface area contributed by atoms with Gasteiger partial charge in [-0.05, 0) is 73.2 Å². The van der Waals surface area contributed by atoms with Crippen molar-refractivity contribution in [2.24, 2.45) is 0 Å². The molecule has 1 amide bonds. The summed E-state index contributed by atoms with van der Waals surface area (Å²) in [5.41, 5.74) is 1.70. The lowest BCUT2D eigenvalue weighted by Gasteiger charge is -2.64. The maximum atomic E-state index is 13.4. The van der Waals surface area contributed by atoms with Gasteiger partial charge in [-0.2, -0.15) is 0 Å². The third-order valence-corrected chi connectivity index (χ3v) is 10.4. The summed E-state index contributed by atoms with van der Waals surface area (Å²) in [6.45, 7) is 1.56. The van der Waals surface area contributed by atoms with Gasteiger partial charge in [0.1, 0.15) is 11.9 Å². The average Bonchev–Trinajstić information content (AvgIpc) is 3.34. The number of piperidine rings is 1. The van der Waals surface area contributed by atoms with E-state index >= 15 is 0 Å². The molecule has 4 aliphatic rings. The molecule has 2 fully saturated rings. The van der Waals surface area contributed by atoms with Gasteiger partial charge in [-0.1, -0.05) is 48.5 Å². The van der Waals surface area contributed by atoms with Crippen LogP contribution < -0.4 is 9.47 Å². The third-order valence-electron chi connectivity index (χ3n) is 10.4. The Morgan fingerprint density at radius 1 is 1.16 bits per heavy atom. The van der Waals surface area contributed by atoms with Gasteiger partial charge in [0.2, 0.25) is 5.91 Å². The quantitative estimate of drug-likeness (QED) is 0.353. The fourth-order valence-corrected chi connectivity index (χ4v) is 8.39. The number of aromatic hydroxyl groups is 1. The van der Waals surface area contributed by atoms with E-state index < -0.39 is 23.5 Å². The second kappa shape index (κ2) is 10.8. The number of halogens is 3. The second-order valence-electron chi connectivity index (χ2n) is 12.7. The maximum absolute atomic E-state index is 13.4. The smallest absolute Gasteiger partial charge is 0.504 e. The lowest BCUT2D eigenvalue weighted by Crippen LogP contribution is -2.77. The second-order valence-corrected chi connectivity index (χ2v) is 12.7. The van der Waals surface area contributed by atoms with E-state index in [0.717, 1.165) is 30.6 Å². The number of phenolic OH excluding ortho intramolecular Hbond substituents is 1. The molecule has 2 N–H and O–H groups in total. The highest BCUT2D eigenvalue weighted by Crippen LogP contribution is 2.65. The Morgan fingerprint density at radius 3 is 2.73 bits per heavy atom. The van der Waals surface area contributed by atoms with Crippen LogP contribution >= 0.6 is 0 Å². The molecule has 1 saturated carbocycles. The minimum Gasteiger partial charge on any atom is -0.504 e. The lowest BCUT2D eigenvalue weighted by atomic mass is 9.48. The number of hydrogen-bond acceptors (Lipinski definition) is 6. The molecule has 7 rings (SSSR count). The van der Waals surface area contributed by atoms with Crippen molar-refractivity contribution >= 4 is 12.0 Å². The van der Waals surface area contributed by atoms with Gasteiger partial charge in [-0.15, -0.1) is 13.2 Å². The van der Waals surface area contributed by atoms with E-state index in [1.807, 2.05) is 24.3 Å². The van der Waals surface area contributed by atoms with Gasteiger partial charge in [-0.25, -0.2) is 0 Å². The highest BCUT2D eigenvalue weighted by molar-refractivity contribution is 5.92. The van der Waals surface area contributed by atoms with Crippen molar-refractivity contribution in [2.75, 3.05) is 20.1 Å². The zero-order valence-electron chi connectivity index (χ0n) is 24.8. The number of carbonyl (C=O) groups is 1. The number of hydrogen-bond donors (Lipinski definition) is 2. The first-order valence-electron chi connectivity index (χ1n) is 15.3. The van der Waals surface area contributed by atoms with Crippen LogP contribution in [0.4, 0.5) is 13.2 Å². The van der Waals surface area contributed by atoms with Gasteiger partial charge in [0.15, 0.2) is 11.5 Å². The van der Waals surface area contributed by atoms with Gasteiger partial charge in [0.25, 0.3) is 0 Å². The molecule has 2 bridgehead atoms. The standard InChI is InChI=1S/C35H35F3N2O5/c1-39(30(42)13-10-23-8-5-9-26(18-23)45-35(36,37)38)25-20-29-33-15-17-40(16-14-22-6-3-2-4-7-22)28(34(33,43)21-25)19-24-11-12-27(41)32(44-29)31(24)33/h2-13,18,25,28-29,41,43H,14-17,19-21H2,1H3/t25-,28+,29-,33+,34+/m0/s1. The fraction of sp³-hybridized carbons (Fsp3) is 0.400. The van der Waals surface area contributed by atoms with E-state index in [0.29, 0.717) is 37.0 Å². The number of likely N-dealkylation sites (N-methyl/N-ethyl adjacent to an activating group) is 1. The predicted octanol–water partition coefficient (Wildman–Crippen LogP) is 5.23. The minimum atomic E-state index is -4.81. The predicted molar refractivity (Wildman–Crippen MR) is 161 cm³/mol. The Kier molecular flexibility index (Phi) is 7.13. The number of benzene rings is 3. The number of aliphatic hydroxyl groups is 1. The molecule has 45 heavy (non-hydrogen) atoms. The number of alkyl halides is 3. The van der Waals surface area contributed by atoms with Crippen molar-refractivity contribution in [2.45, 2.75) is 67.7 Å². The molecule has 0 aromatic heterocycles. The monoisotopic (exact) mass is 620 g/mol. The Bertz CT molecular complexity index is 1650. The van der Waals surface area contributed by atoms with E-state index in [-0.39, 0.29) is 29.5 Å². The molecule has 1 saturated heterocycles. The van der Waals surface area contributed by atoms with Gasteiger partial charge >= 0.3 is 6.36 Å². The summed E-state index contributed by atoms with van der Waals surface area (Å²) in [4.78, 5) is 17.4. The minimum absolute atomic E-state index is 0.0606. The number of phenols is 1. The summed E-state index contributed by atoms with van der Waals surface area (Å²) in [6, 6.07) is 18.7. The summed E-state index contributed by atoms with van der Waals surface area (Å²) in [5.74, 6) is -0.206. The highest BCUT2D eigenvalue weighted by atomic mass is 19.4. The third kappa shape index (κ3) is 4.95. The molecule has 10 heteroatoms. The molecule has 7 nitrogen and oxygen atoms in total. The van der Waals surface area contributed by atoms with Crippen LogP contribution in [-0.2, 0) is 23.1 Å². The highest BCUT2D eigenvalue weighted by Gasteiger charge is 2.72. The summed E-state index contributed by atoms with van der Waals surface area (Å²) in [7, 11) is 1.68. The summed E-state index contributed by atoms with van der Waals surface area (Å²) >= 11 is 0. The molecular formula is C35H35F3N2O5. The first-order chi connectivity index (χ1) is 21.5. The van der Waals surface area contributed by atoms with Crippen LogP contribution in [-0.4, -0.2) is 76.2 Å². The molecular weight excluding hydrogens is 585 g/mol. The van der Waals surface area contributed by atoms with Gasteiger partial charge in [-0.3, -0.25) is 9.69 Å². The van der Waals surface area contributed by atoms with Gasteiger partial charge in [0.05, 0.1) is 11.0 Å². The molecule has 3 aromatic rings. The number of carbonyl (C=O) groups excluding carboxylic acids is 1. The van der Waals surface area contributed by atoms with E-state index in [4.69, 9.17) is 4.74 Å². The molecule has 3 aromatic carbocycles. The number of likely N-dealkylation sites (tertiary alicyclic amines) is 1. The van der Waals surface area contributed by atoms with Crippen molar-refractivity contribution in [1.29, 1.82) is 0 Å². The van der Waals surface area contributed by atoms with Gasteiger partial charge < -0.3 is 24.6 Å². The van der Waals surface area contributed by atoms with Crippen LogP contribution in [0.25, 0.3) is 6.08 Å². The summed E-state index contributed by atoms with van der Waals surface area (Å²) < 4.78 is 48.5. The number of nitrogens with zero attached hydrogens (tertiary/aromatic N) is 2. The first kappa shape index (κ1) is 29.7. The molecule has 2 heterocycles. The van der Waals surface area contributed by atoms with Crippen molar-refractivity contribution in [3.8, 4) is 17.2 Å². The maximum Gasteiger partial charge on any atom is 0.573 e. The summed E-state index contributed by atoms with van der Waals surface area (Å²) in [5, 5.41) is 23.8. The van der Waals surface area contributed by atoms with E-state index in [9.17, 15) is 28.2 Å². The average molecular weight is 621 g/mol. The Labute approximate surface area is 259 Å². The zero-order valence-corrected chi connectivity index (χ0v) is 24.8. The fourth-order valence-electron chi connectivity index (χ4n) is 8.39. The Morgan fingerprint density at radius 2 is 1.96 bits per heavy atom. The largest absolute Gasteiger partial charge is 0.573 e. The molecule has 236 valence electrons. The van der Waals surface area contributed by atoms with Crippen molar-refractivity contribution < 1.29 is 37.7 Å². The van der Waals surface area contributed by atoms with Crippen LogP contribution in [0.3, 0.4) is 0 Å². The lowest BCUT2D eigenvalue weighted by molar-refractivity contribution is -0.274. The molecule has 0 radical (unpaired) electrons. The van der Waals surface area contributed by atoms with Crippen LogP contribution in [0.2, 0.25) is 0 Å². The zero-order chi connectivity index (χ0) is 31.6. The van der Waals surface area contributed by atoms with Crippen molar-refractivity contribution in [3.05, 3.63) is 95.1 Å². The SMILES string of the molecule is CN(C(=O)C=Cc1cccc(OC(F)(F)F)c1)[C@H]1C[C@@H]2Oc3c(O)ccc4c3[C@@]23CCN(CCc2ccccc2)[C@H](C4)[C@]3(O)C1. The number of amides is 1. The topological polar surface area (TPSA) is 82.5 Å². The van der Waals surface area contributed by atoms with Crippen LogP contribution in [0.15, 0.2) is 72.8 Å². The van der Waals surface area contributed by atoms with Crippen LogP contribution in [0, 0.1) is 0 Å². The van der Waals surface area contributed by atoms with Gasteiger partial charge in [0, 0.05) is 43.7 Å².